The molecule has 1 aliphatic rings. The Kier molecular flexibility index (Phi) is 7.03. The summed E-state index contributed by atoms with van der Waals surface area (Å²) in [6.07, 6.45) is 4.81. The first-order chi connectivity index (χ1) is 24.3. The Labute approximate surface area is 292 Å². The van der Waals surface area contributed by atoms with Crippen LogP contribution in [0.4, 0.5) is 5.69 Å². The van der Waals surface area contributed by atoms with E-state index in [0.717, 1.165) is 56.7 Å². The smallest absolute Gasteiger partial charge is 0.266 e. The molecule has 0 bridgehead atoms. The van der Waals surface area contributed by atoms with Gasteiger partial charge in [-0.25, -0.2) is 4.90 Å². The van der Waals surface area contributed by atoms with Crippen molar-refractivity contribution in [2.75, 3.05) is 4.90 Å². The van der Waals surface area contributed by atoms with E-state index in [9.17, 15) is 9.59 Å². The molecular weight excluding hydrogens is 613 g/mol. The van der Waals surface area contributed by atoms with Gasteiger partial charge in [-0.3, -0.25) is 9.59 Å². The van der Waals surface area contributed by atoms with Gasteiger partial charge in [0.15, 0.2) is 0 Å². The zero-order chi connectivity index (χ0) is 34.4. The molecule has 4 heteroatoms. The minimum Gasteiger partial charge on any atom is -0.340 e. The molecule has 1 aromatic heterocycles. The van der Waals surface area contributed by atoms with Crippen molar-refractivity contribution in [3.8, 4) is 0 Å². The second kappa shape index (κ2) is 11.4. The summed E-state index contributed by atoms with van der Waals surface area (Å²) in [6, 6.07) is 32.2. The largest absolute Gasteiger partial charge is 0.340 e. The zero-order valence-electron chi connectivity index (χ0n) is 29.6. The van der Waals surface area contributed by atoms with Gasteiger partial charge in [0, 0.05) is 39.3 Å². The van der Waals surface area contributed by atoms with Gasteiger partial charge in [-0.05, 0) is 91.4 Å². The van der Waals surface area contributed by atoms with Gasteiger partial charge in [-0.1, -0.05) is 121 Å². The molecule has 0 N–H and O–H groups in total. The maximum Gasteiger partial charge on any atom is 0.266 e. The first-order valence-electron chi connectivity index (χ1n) is 18.4. The van der Waals surface area contributed by atoms with Gasteiger partial charge in [0.05, 0.1) is 11.2 Å². The lowest BCUT2D eigenvalue weighted by atomic mass is 9.83. The quantitative estimate of drug-likeness (QED) is 0.0708. The molecule has 1 aliphatic heterocycles. The summed E-state index contributed by atoms with van der Waals surface area (Å²) in [7, 11) is 0. The van der Waals surface area contributed by atoms with E-state index in [-0.39, 0.29) is 23.7 Å². The predicted molar refractivity (Wildman–Crippen MR) is 211 cm³/mol. The van der Waals surface area contributed by atoms with Crippen molar-refractivity contribution in [1.82, 2.24) is 4.57 Å². The number of aromatic nitrogens is 1. The van der Waals surface area contributed by atoms with Crippen LogP contribution in [0.25, 0.3) is 64.9 Å². The standard InChI is InChI=1S/C46H42N2O2/c1-6-7-8-11-24-47-38-19-10-9-14-33(38)41-34-18-13-17-30-31-20-22-35-43-36(23-21-32(42(31)43)37(40(30)34)25-39(41)47)46(50)48(45(35)49)44-28(26(2)3)15-12-16-29(44)27(4)5/h9-10,12-23,25-27H,6-8,11,24H2,1-5H3. The van der Waals surface area contributed by atoms with E-state index in [2.05, 4.69) is 112 Å². The average Bonchev–Trinajstić information content (AvgIpc) is 3.44. The summed E-state index contributed by atoms with van der Waals surface area (Å²) < 4.78 is 2.52. The molecule has 4 nitrogen and oxygen atoms in total. The molecule has 7 aromatic carbocycles. The molecule has 0 unspecified atom stereocenters. The summed E-state index contributed by atoms with van der Waals surface area (Å²) in [5, 5.41) is 11.4. The van der Waals surface area contributed by atoms with Gasteiger partial charge in [-0.2, -0.15) is 0 Å². The highest BCUT2D eigenvalue weighted by atomic mass is 16.2. The fourth-order valence-electron chi connectivity index (χ4n) is 9.00. The number of benzene rings is 7. The van der Waals surface area contributed by atoms with Gasteiger partial charge in [0.2, 0.25) is 0 Å². The van der Waals surface area contributed by atoms with Gasteiger partial charge >= 0.3 is 0 Å². The van der Waals surface area contributed by atoms with Crippen LogP contribution < -0.4 is 4.90 Å². The minimum absolute atomic E-state index is 0.150. The van der Waals surface area contributed by atoms with Crippen molar-refractivity contribution >= 4 is 82.4 Å². The number of carbonyl (C=O) groups is 2. The minimum atomic E-state index is -0.243. The number of imide groups is 1. The van der Waals surface area contributed by atoms with Crippen LogP contribution in [0.1, 0.15) is 104 Å². The van der Waals surface area contributed by atoms with Crippen molar-refractivity contribution in [2.45, 2.75) is 78.7 Å². The molecule has 0 atom stereocenters. The highest BCUT2D eigenvalue weighted by Crippen LogP contribution is 2.48. The summed E-state index contributed by atoms with van der Waals surface area (Å²) in [4.78, 5) is 30.9. The molecule has 0 fully saturated rings. The fraction of sp³-hybridized carbons (Fsp3) is 0.261. The monoisotopic (exact) mass is 654 g/mol. The van der Waals surface area contributed by atoms with Crippen LogP contribution in [-0.4, -0.2) is 16.4 Å². The zero-order valence-corrected chi connectivity index (χ0v) is 29.6. The van der Waals surface area contributed by atoms with Crippen LogP contribution in [0.15, 0.2) is 91.0 Å². The third-order valence-corrected chi connectivity index (χ3v) is 11.3. The Hall–Kier alpha value is -5.22. The molecule has 0 aliphatic carbocycles. The van der Waals surface area contributed by atoms with Crippen LogP contribution in [-0.2, 0) is 6.54 Å². The van der Waals surface area contributed by atoms with Crippen LogP contribution >= 0.6 is 0 Å². The first kappa shape index (κ1) is 30.8. The second-order valence-corrected chi connectivity index (χ2v) is 14.9. The number of aryl methyl sites for hydroxylation is 1. The Morgan fingerprint density at radius 3 is 1.80 bits per heavy atom. The normalized spacial score (nSPS) is 13.7. The van der Waals surface area contributed by atoms with E-state index in [1.54, 1.807) is 0 Å². The summed E-state index contributed by atoms with van der Waals surface area (Å²) >= 11 is 0. The number of unbranched alkanes of at least 4 members (excludes halogenated alkanes) is 3. The first-order valence-corrected chi connectivity index (χ1v) is 18.4. The molecule has 8 aromatic rings. The lowest BCUT2D eigenvalue weighted by molar-refractivity contribution is 0.0893. The van der Waals surface area contributed by atoms with E-state index in [1.165, 1.54) is 62.1 Å². The predicted octanol–water partition coefficient (Wildman–Crippen LogP) is 12.5. The van der Waals surface area contributed by atoms with Crippen LogP contribution in [0, 0.1) is 0 Å². The maximum atomic E-state index is 14.7. The number of nitrogens with zero attached hydrogens (tertiary/aromatic N) is 2. The van der Waals surface area contributed by atoms with Crippen molar-refractivity contribution in [3.05, 3.63) is 113 Å². The molecule has 0 saturated heterocycles. The molecule has 9 rings (SSSR count). The molecular formula is C46H42N2O2. The second-order valence-electron chi connectivity index (χ2n) is 14.9. The highest BCUT2D eigenvalue weighted by Gasteiger charge is 2.38. The topological polar surface area (TPSA) is 42.3 Å². The van der Waals surface area contributed by atoms with E-state index < -0.39 is 0 Å². The van der Waals surface area contributed by atoms with Crippen molar-refractivity contribution < 1.29 is 9.59 Å². The van der Waals surface area contributed by atoms with Crippen molar-refractivity contribution in [3.63, 3.8) is 0 Å². The number of rotatable bonds is 8. The number of carbonyl (C=O) groups excluding carboxylic acids is 2. The van der Waals surface area contributed by atoms with Gasteiger partial charge in [-0.15, -0.1) is 0 Å². The molecule has 2 heterocycles. The Balaban J connectivity index is 1.35. The van der Waals surface area contributed by atoms with E-state index >= 15 is 0 Å². The Morgan fingerprint density at radius 2 is 1.12 bits per heavy atom. The lowest BCUT2D eigenvalue weighted by Crippen LogP contribution is -2.41. The van der Waals surface area contributed by atoms with Gasteiger partial charge < -0.3 is 4.57 Å². The van der Waals surface area contributed by atoms with Crippen LogP contribution in [0.2, 0.25) is 0 Å². The molecule has 0 saturated carbocycles. The Morgan fingerprint density at radius 1 is 0.520 bits per heavy atom. The Bertz CT molecular complexity index is 2640. The number of fused-ring (bicyclic) bond motifs is 6. The molecule has 0 spiro atoms. The highest BCUT2D eigenvalue weighted by molar-refractivity contribution is 6.44. The van der Waals surface area contributed by atoms with E-state index in [0.29, 0.717) is 11.1 Å². The summed E-state index contributed by atoms with van der Waals surface area (Å²) in [5.74, 6) is -0.185. The van der Waals surface area contributed by atoms with E-state index in [1.807, 2.05) is 18.2 Å². The number of hydrogen-bond donors (Lipinski definition) is 0. The van der Waals surface area contributed by atoms with E-state index in [4.69, 9.17) is 0 Å². The van der Waals surface area contributed by atoms with Crippen LogP contribution in [0.3, 0.4) is 0 Å². The number of hydrogen-bond acceptors (Lipinski definition) is 2. The number of amides is 2. The fourth-order valence-corrected chi connectivity index (χ4v) is 9.00. The third-order valence-electron chi connectivity index (χ3n) is 11.3. The average molecular weight is 655 g/mol. The summed E-state index contributed by atoms with van der Waals surface area (Å²) in [5.41, 5.74) is 6.48. The number of para-hydroxylation sites is 2. The molecule has 2 amide bonds. The maximum absolute atomic E-state index is 14.7. The third kappa shape index (κ3) is 4.17. The molecule has 248 valence electrons. The SMILES string of the molecule is CCCCCCn1c2ccccc2c2c3cccc4c5ccc6c7c(ccc(c(cc21)c43)c75)C(=O)N(c1c(C(C)C)cccc1C(C)C)C6=O. The van der Waals surface area contributed by atoms with Crippen LogP contribution in [0.5, 0.6) is 0 Å². The lowest BCUT2D eigenvalue weighted by Gasteiger charge is -2.32. The molecule has 50 heavy (non-hydrogen) atoms. The van der Waals surface area contributed by atoms with Gasteiger partial charge in [0.25, 0.3) is 11.8 Å². The van der Waals surface area contributed by atoms with Crippen molar-refractivity contribution in [1.29, 1.82) is 0 Å². The van der Waals surface area contributed by atoms with Crippen molar-refractivity contribution in [2.24, 2.45) is 0 Å². The van der Waals surface area contributed by atoms with Gasteiger partial charge in [0.1, 0.15) is 0 Å². The molecule has 0 radical (unpaired) electrons. The summed E-state index contributed by atoms with van der Waals surface area (Å²) in [6.45, 7) is 11.7. The number of anilines is 1.